The van der Waals surface area contributed by atoms with Crippen LogP contribution in [0.15, 0.2) is 30.3 Å². The van der Waals surface area contributed by atoms with E-state index >= 15 is 0 Å². The van der Waals surface area contributed by atoms with Gasteiger partial charge in [-0.3, -0.25) is 9.59 Å². The molecular formula is C18H15Cl2FN2O3. The molecule has 1 heterocycles. The van der Waals surface area contributed by atoms with Gasteiger partial charge in [-0.25, -0.2) is 4.39 Å². The van der Waals surface area contributed by atoms with E-state index in [1.54, 1.807) is 23.1 Å². The first-order valence-electron chi connectivity index (χ1n) is 7.85. The molecule has 3 rings (SSSR count). The number of hydrogen-bond acceptors (Lipinski definition) is 3. The maximum absolute atomic E-state index is 13.6. The third-order valence-electron chi connectivity index (χ3n) is 4.06. The van der Waals surface area contributed by atoms with Gasteiger partial charge in [0.25, 0.3) is 5.91 Å². The van der Waals surface area contributed by atoms with Crippen molar-refractivity contribution < 1.29 is 18.7 Å². The Morgan fingerprint density at radius 2 is 2.00 bits per heavy atom. The van der Waals surface area contributed by atoms with E-state index in [4.69, 9.17) is 27.9 Å². The summed E-state index contributed by atoms with van der Waals surface area (Å²) in [6.45, 7) is 0.626. The van der Waals surface area contributed by atoms with E-state index in [2.05, 4.69) is 5.32 Å². The molecule has 0 aromatic heterocycles. The summed E-state index contributed by atoms with van der Waals surface area (Å²) in [4.78, 5) is 26.0. The van der Waals surface area contributed by atoms with Crippen molar-refractivity contribution >= 4 is 46.4 Å². The Hall–Kier alpha value is -2.31. The van der Waals surface area contributed by atoms with Crippen LogP contribution in [0.1, 0.15) is 23.2 Å². The molecule has 1 N–H and O–H groups in total. The molecule has 8 heteroatoms. The molecule has 0 atom stereocenters. The van der Waals surface area contributed by atoms with Crippen LogP contribution in [0.25, 0.3) is 0 Å². The molecular weight excluding hydrogens is 382 g/mol. The lowest BCUT2D eigenvalue weighted by Gasteiger charge is -2.19. The lowest BCUT2D eigenvalue weighted by atomic mass is 10.2. The summed E-state index contributed by atoms with van der Waals surface area (Å²) < 4.78 is 19.0. The van der Waals surface area contributed by atoms with Crippen LogP contribution in [-0.2, 0) is 4.79 Å². The summed E-state index contributed by atoms with van der Waals surface area (Å²) in [5.41, 5.74) is 1.03. The van der Waals surface area contributed by atoms with E-state index in [1.807, 2.05) is 0 Å². The van der Waals surface area contributed by atoms with Crippen molar-refractivity contribution in [2.75, 3.05) is 23.9 Å². The summed E-state index contributed by atoms with van der Waals surface area (Å²) in [6, 6.07) is 7.09. The van der Waals surface area contributed by atoms with Crippen molar-refractivity contribution in [2.24, 2.45) is 0 Å². The van der Waals surface area contributed by atoms with Crippen LogP contribution in [0.3, 0.4) is 0 Å². The van der Waals surface area contributed by atoms with Crippen molar-refractivity contribution in [1.82, 2.24) is 0 Å². The van der Waals surface area contributed by atoms with E-state index in [0.717, 1.165) is 12.5 Å². The van der Waals surface area contributed by atoms with Gasteiger partial charge in [0.15, 0.2) is 0 Å². The Balaban J connectivity index is 1.85. The van der Waals surface area contributed by atoms with Crippen molar-refractivity contribution in [3.05, 3.63) is 51.8 Å². The number of nitrogens with zero attached hydrogens (tertiary/aromatic N) is 1. The number of ether oxygens (including phenoxy) is 1. The van der Waals surface area contributed by atoms with Gasteiger partial charge in [-0.1, -0.05) is 23.2 Å². The standard InChI is InChI=1S/C18H15Cl2FN2O3/c1-26-16-7-10(4-5-15(16)23-6-2-3-17(23)24)22-18(25)11-8-14(21)13(20)9-12(11)19/h4-5,7-9H,2-3,6H2,1H3,(H,22,25). The minimum Gasteiger partial charge on any atom is -0.494 e. The number of benzene rings is 2. The van der Waals surface area contributed by atoms with Crippen molar-refractivity contribution in [3.63, 3.8) is 0 Å². The second-order valence-corrected chi connectivity index (χ2v) is 6.55. The summed E-state index contributed by atoms with van der Waals surface area (Å²) >= 11 is 11.6. The van der Waals surface area contributed by atoms with Gasteiger partial charge in [0.05, 0.1) is 28.4 Å². The molecule has 1 fully saturated rings. The largest absolute Gasteiger partial charge is 0.494 e. The van der Waals surface area contributed by atoms with Gasteiger partial charge < -0.3 is 15.0 Å². The summed E-state index contributed by atoms with van der Waals surface area (Å²) in [7, 11) is 1.48. The Kier molecular flexibility index (Phi) is 5.34. The molecule has 0 aliphatic carbocycles. The molecule has 26 heavy (non-hydrogen) atoms. The molecule has 136 valence electrons. The first-order chi connectivity index (χ1) is 12.4. The van der Waals surface area contributed by atoms with Crippen molar-refractivity contribution in [1.29, 1.82) is 0 Å². The minimum absolute atomic E-state index is 0.0310. The third-order valence-corrected chi connectivity index (χ3v) is 4.66. The Morgan fingerprint density at radius 3 is 2.65 bits per heavy atom. The average molecular weight is 397 g/mol. The first-order valence-corrected chi connectivity index (χ1v) is 8.60. The molecule has 0 bridgehead atoms. The zero-order chi connectivity index (χ0) is 18.8. The molecule has 5 nitrogen and oxygen atoms in total. The highest BCUT2D eigenvalue weighted by atomic mass is 35.5. The van der Waals surface area contributed by atoms with Crippen molar-refractivity contribution in [3.8, 4) is 5.75 Å². The van der Waals surface area contributed by atoms with Gasteiger partial charge in [0.2, 0.25) is 5.91 Å². The minimum atomic E-state index is -0.735. The fourth-order valence-electron chi connectivity index (χ4n) is 2.78. The second kappa shape index (κ2) is 7.51. The fourth-order valence-corrected chi connectivity index (χ4v) is 3.25. The van der Waals surface area contributed by atoms with E-state index in [9.17, 15) is 14.0 Å². The molecule has 2 amide bonds. The molecule has 2 aromatic carbocycles. The molecule has 1 aliphatic rings. The number of hydrogen-bond donors (Lipinski definition) is 1. The highest BCUT2D eigenvalue weighted by molar-refractivity contribution is 6.37. The van der Waals surface area contributed by atoms with Crippen LogP contribution in [0.5, 0.6) is 5.75 Å². The van der Waals surface area contributed by atoms with Crippen LogP contribution in [-0.4, -0.2) is 25.5 Å². The van der Waals surface area contributed by atoms with Gasteiger partial charge in [0.1, 0.15) is 11.6 Å². The number of methoxy groups -OCH3 is 1. The number of rotatable bonds is 4. The summed E-state index contributed by atoms with van der Waals surface area (Å²) in [6.07, 6.45) is 1.30. The SMILES string of the molecule is COc1cc(NC(=O)c2cc(F)c(Cl)cc2Cl)ccc1N1CCCC1=O. The number of amides is 2. The predicted molar refractivity (Wildman–Crippen MR) is 99.0 cm³/mol. The number of halogens is 3. The first kappa shape index (κ1) is 18.5. The van der Waals surface area contributed by atoms with Crippen LogP contribution in [0.4, 0.5) is 15.8 Å². The maximum atomic E-state index is 13.6. The molecule has 0 unspecified atom stereocenters. The van der Waals surface area contributed by atoms with E-state index < -0.39 is 11.7 Å². The topological polar surface area (TPSA) is 58.6 Å². The monoisotopic (exact) mass is 396 g/mol. The van der Waals surface area contributed by atoms with Crippen LogP contribution >= 0.6 is 23.2 Å². The van der Waals surface area contributed by atoms with E-state index in [0.29, 0.717) is 30.1 Å². The van der Waals surface area contributed by atoms with Crippen LogP contribution in [0.2, 0.25) is 10.0 Å². The van der Waals surface area contributed by atoms with Gasteiger partial charge in [-0.15, -0.1) is 0 Å². The van der Waals surface area contributed by atoms with Gasteiger partial charge in [-0.2, -0.15) is 0 Å². The predicted octanol–water partition coefficient (Wildman–Crippen LogP) is 4.52. The lowest BCUT2D eigenvalue weighted by Crippen LogP contribution is -2.24. The number of anilines is 2. The molecule has 1 saturated heterocycles. The molecule has 1 aliphatic heterocycles. The smallest absolute Gasteiger partial charge is 0.257 e. The van der Waals surface area contributed by atoms with Crippen LogP contribution < -0.4 is 15.0 Å². The Labute approximate surface area is 159 Å². The average Bonchev–Trinajstić information content (AvgIpc) is 3.03. The van der Waals surface area contributed by atoms with E-state index in [-0.39, 0.29) is 21.5 Å². The lowest BCUT2D eigenvalue weighted by molar-refractivity contribution is -0.117. The molecule has 0 radical (unpaired) electrons. The van der Waals surface area contributed by atoms with Gasteiger partial charge >= 0.3 is 0 Å². The third kappa shape index (κ3) is 3.61. The van der Waals surface area contributed by atoms with Gasteiger partial charge in [0, 0.05) is 24.7 Å². The zero-order valence-corrected chi connectivity index (χ0v) is 15.3. The Bertz CT molecular complexity index is 889. The maximum Gasteiger partial charge on any atom is 0.257 e. The zero-order valence-electron chi connectivity index (χ0n) is 13.8. The Morgan fingerprint density at radius 1 is 1.23 bits per heavy atom. The number of carbonyl (C=O) groups excluding carboxylic acids is 2. The van der Waals surface area contributed by atoms with E-state index in [1.165, 1.54) is 13.2 Å². The fraction of sp³-hybridized carbons (Fsp3) is 0.222. The van der Waals surface area contributed by atoms with Crippen molar-refractivity contribution in [2.45, 2.75) is 12.8 Å². The molecule has 2 aromatic rings. The molecule has 0 spiro atoms. The summed E-state index contributed by atoms with van der Waals surface area (Å²) in [5, 5.41) is 2.52. The van der Waals surface area contributed by atoms with Crippen LogP contribution in [0, 0.1) is 5.82 Å². The van der Waals surface area contributed by atoms with Gasteiger partial charge in [-0.05, 0) is 30.7 Å². The highest BCUT2D eigenvalue weighted by Gasteiger charge is 2.24. The number of nitrogens with one attached hydrogen (secondary N) is 1. The number of carbonyl (C=O) groups is 2. The highest BCUT2D eigenvalue weighted by Crippen LogP contribution is 2.34. The second-order valence-electron chi connectivity index (χ2n) is 5.74. The molecule has 0 saturated carbocycles. The summed E-state index contributed by atoms with van der Waals surface area (Å²) in [5.74, 6) is -0.839. The normalized spacial score (nSPS) is 13.8. The quantitative estimate of drug-likeness (QED) is 0.772.